The summed E-state index contributed by atoms with van der Waals surface area (Å²) in [6, 6.07) is 6.03. The van der Waals surface area contributed by atoms with Crippen molar-refractivity contribution in [1.29, 1.82) is 0 Å². The van der Waals surface area contributed by atoms with Gasteiger partial charge in [0, 0.05) is 50.3 Å². The maximum Gasteiger partial charge on any atom is 0.0840 e. The molecule has 0 saturated carbocycles. The van der Waals surface area contributed by atoms with Crippen molar-refractivity contribution in [3.63, 3.8) is 0 Å². The van der Waals surface area contributed by atoms with Gasteiger partial charge in [-0.2, -0.15) is 5.10 Å². The number of nitrogens with zero attached hydrogens (tertiary/aromatic N) is 3. The van der Waals surface area contributed by atoms with Crippen molar-refractivity contribution >= 4 is 0 Å². The Hall–Kier alpha value is -1.76. The molecule has 0 aromatic carbocycles. The van der Waals surface area contributed by atoms with Crippen molar-refractivity contribution in [1.82, 2.24) is 20.1 Å². The van der Waals surface area contributed by atoms with Crippen LogP contribution in [0.3, 0.4) is 0 Å². The van der Waals surface area contributed by atoms with Crippen LogP contribution in [0.1, 0.15) is 30.5 Å². The number of nitrogens with one attached hydrogen (secondary N) is 1. The topological polar surface area (TPSA) is 63.3 Å². The van der Waals surface area contributed by atoms with E-state index in [0.717, 1.165) is 44.5 Å². The molecule has 2 aliphatic rings. The molecular weight excluding hydrogens is 304 g/mol. The summed E-state index contributed by atoms with van der Waals surface area (Å²) in [5, 5.41) is 7.05. The molecule has 0 unspecified atom stereocenters. The lowest BCUT2D eigenvalue weighted by molar-refractivity contribution is -0.0470. The van der Waals surface area contributed by atoms with Crippen LogP contribution in [0.2, 0.25) is 0 Å². The molecular formula is C18H24N4O2. The molecule has 6 heteroatoms. The smallest absolute Gasteiger partial charge is 0.0840 e. The average Bonchev–Trinajstić information content (AvgIpc) is 3.27. The molecule has 2 aromatic heterocycles. The van der Waals surface area contributed by atoms with Crippen LogP contribution in [-0.4, -0.2) is 51.5 Å². The summed E-state index contributed by atoms with van der Waals surface area (Å²) in [6.07, 6.45) is 8.82. The van der Waals surface area contributed by atoms with Gasteiger partial charge in [-0.1, -0.05) is 6.07 Å². The Morgan fingerprint density at radius 2 is 2.21 bits per heavy atom. The average molecular weight is 328 g/mol. The van der Waals surface area contributed by atoms with E-state index in [1.54, 1.807) is 6.20 Å². The van der Waals surface area contributed by atoms with Crippen molar-refractivity contribution in [2.45, 2.75) is 44.1 Å². The molecule has 0 radical (unpaired) electrons. The number of rotatable bonds is 5. The van der Waals surface area contributed by atoms with Crippen molar-refractivity contribution < 1.29 is 9.47 Å². The Morgan fingerprint density at radius 1 is 1.29 bits per heavy atom. The SMILES string of the molecule is c1cncc(CO[C@H]2COC3(CCN(Cc4ccn[nH]4)CC3)C2)c1. The molecule has 1 atom stereocenters. The monoisotopic (exact) mass is 328 g/mol. The van der Waals surface area contributed by atoms with Gasteiger partial charge in [0.25, 0.3) is 0 Å². The van der Waals surface area contributed by atoms with Gasteiger partial charge in [-0.15, -0.1) is 0 Å². The van der Waals surface area contributed by atoms with E-state index < -0.39 is 0 Å². The summed E-state index contributed by atoms with van der Waals surface area (Å²) in [6.45, 7) is 4.39. The van der Waals surface area contributed by atoms with Crippen LogP contribution in [-0.2, 0) is 22.6 Å². The van der Waals surface area contributed by atoms with E-state index in [1.807, 2.05) is 30.6 Å². The van der Waals surface area contributed by atoms with Crippen LogP contribution in [0.25, 0.3) is 0 Å². The van der Waals surface area contributed by atoms with Gasteiger partial charge < -0.3 is 9.47 Å². The molecule has 2 aliphatic heterocycles. The lowest BCUT2D eigenvalue weighted by atomic mass is 9.88. The molecule has 2 aromatic rings. The summed E-state index contributed by atoms with van der Waals surface area (Å²) >= 11 is 0. The lowest BCUT2D eigenvalue weighted by Crippen LogP contribution is -2.44. The highest BCUT2D eigenvalue weighted by Gasteiger charge is 2.43. The zero-order chi connectivity index (χ0) is 16.2. The van der Waals surface area contributed by atoms with E-state index >= 15 is 0 Å². The molecule has 6 nitrogen and oxygen atoms in total. The number of pyridine rings is 1. The summed E-state index contributed by atoms with van der Waals surface area (Å²) in [5.41, 5.74) is 2.31. The third-order valence-electron chi connectivity index (χ3n) is 5.10. The van der Waals surface area contributed by atoms with Crippen LogP contribution < -0.4 is 0 Å². The van der Waals surface area contributed by atoms with Gasteiger partial charge in [-0.25, -0.2) is 0 Å². The largest absolute Gasteiger partial charge is 0.372 e. The zero-order valence-electron chi connectivity index (χ0n) is 13.9. The van der Waals surface area contributed by atoms with Gasteiger partial charge in [-0.3, -0.25) is 15.0 Å². The Balaban J connectivity index is 1.24. The number of aromatic amines is 1. The molecule has 2 saturated heterocycles. The molecule has 4 rings (SSSR count). The Bertz CT molecular complexity index is 624. The molecule has 0 bridgehead atoms. The fourth-order valence-corrected chi connectivity index (χ4v) is 3.69. The highest BCUT2D eigenvalue weighted by atomic mass is 16.6. The van der Waals surface area contributed by atoms with Gasteiger partial charge in [-0.05, 0) is 30.5 Å². The van der Waals surface area contributed by atoms with Crippen LogP contribution >= 0.6 is 0 Å². The second kappa shape index (κ2) is 7.01. The molecule has 2 fully saturated rings. The van der Waals surface area contributed by atoms with E-state index in [4.69, 9.17) is 9.47 Å². The molecule has 1 spiro atoms. The zero-order valence-corrected chi connectivity index (χ0v) is 13.9. The Kier molecular flexibility index (Phi) is 4.60. The van der Waals surface area contributed by atoms with Crippen LogP contribution in [0.4, 0.5) is 0 Å². The first-order chi connectivity index (χ1) is 11.8. The highest BCUT2D eigenvalue weighted by Crippen LogP contribution is 2.37. The maximum absolute atomic E-state index is 6.18. The molecule has 128 valence electrons. The third kappa shape index (κ3) is 3.66. The van der Waals surface area contributed by atoms with E-state index in [2.05, 4.69) is 20.1 Å². The maximum atomic E-state index is 6.18. The number of aromatic nitrogens is 3. The first-order valence-electron chi connectivity index (χ1n) is 8.66. The predicted molar refractivity (Wildman–Crippen MR) is 89.2 cm³/mol. The molecule has 1 N–H and O–H groups in total. The quantitative estimate of drug-likeness (QED) is 0.911. The summed E-state index contributed by atoms with van der Waals surface area (Å²) in [5.74, 6) is 0. The van der Waals surface area contributed by atoms with Crippen molar-refractivity contribution in [2.24, 2.45) is 0 Å². The van der Waals surface area contributed by atoms with Crippen molar-refractivity contribution in [2.75, 3.05) is 19.7 Å². The molecule has 0 amide bonds. The molecule has 4 heterocycles. The van der Waals surface area contributed by atoms with E-state index in [0.29, 0.717) is 13.2 Å². The van der Waals surface area contributed by atoms with E-state index in [-0.39, 0.29) is 11.7 Å². The number of ether oxygens (including phenoxy) is 2. The van der Waals surface area contributed by atoms with E-state index in [9.17, 15) is 0 Å². The number of piperidine rings is 1. The first kappa shape index (κ1) is 15.7. The fraction of sp³-hybridized carbons (Fsp3) is 0.556. The standard InChI is InChI=1S/C18H24N4O2/c1-2-15(11-19-6-1)13-23-17-10-18(24-14-17)4-8-22(9-5-18)12-16-3-7-20-21-16/h1-3,6-7,11,17H,4-5,8-10,12-14H2,(H,20,21)/t17-/m1/s1. The number of likely N-dealkylation sites (tertiary alicyclic amines) is 1. The van der Waals surface area contributed by atoms with Crippen LogP contribution in [0.5, 0.6) is 0 Å². The number of hydrogen-bond donors (Lipinski definition) is 1. The predicted octanol–water partition coefficient (Wildman–Crippen LogP) is 2.14. The second-order valence-electron chi connectivity index (χ2n) is 6.85. The van der Waals surface area contributed by atoms with Crippen LogP contribution in [0.15, 0.2) is 36.8 Å². The summed E-state index contributed by atoms with van der Waals surface area (Å²) < 4.78 is 12.2. The molecule has 24 heavy (non-hydrogen) atoms. The summed E-state index contributed by atoms with van der Waals surface area (Å²) in [7, 11) is 0. The minimum absolute atomic E-state index is 0.0179. The third-order valence-corrected chi connectivity index (χ3v) is 5.10. The van der Waals surface area contributed by atoms with Gasteiger partial charge in [0.2, 0.25) is 0 Å². The van der Waals surface area contributed by atoms with Gasteiger partial charge in [0.15, 0.2) is 0 Å². The van der Waals surface area contributed by atoms with Gasteiger partial charge in [0.1, 0.15) is 0 Å². The number of H-pyrrole nitrogens is 1. The Morgan fingerprint density at radius 3 is 2.96 bits per heavy atom. The number of hydrogen-bond acceptors (Lipinski definition) is 5. The van der Waals surface area contributed by atoms with Crippen molar-refractivity contribution in [3.05, 3.63) is 48.0 Å². The van der Waals surface area contributed by atoms with E-state index in [1.165, 1.54) is 5.69 Å². The van der Waals surface area contributed by atoms with Gasteiger partial charge >= 0.3 is 0 Å². The lowest BCUT2D eigenvalue weighted by Gasteiger charge is -2.38. The minimum Gasteiger partial charge on any atom is -0.372 e. The normalized spacial score (nSPS) is 23.8. The first-order valence-corrected chi connectivity index (χ1v) is 8.66. The van der Waals surface area contributed by atoms with Crippen molar-refractivity contribution in [3.8, 4) is 0 Å². The fourth-order valence-electron chi connectivity index (χ4n) is 3.69. The Labute approximate surface area is 142 Å². The minimum atomic E-state index is 0.0179. The van der Waals surface area contributed by atoms with Crippen LogP contribution in [0, 0.1) is 0 Å². The second-order valence-corrected chi connectivity index (χ2v) is 6.85. The summed E-state index contributed by atoms with van der Waals surface area (Å²) in [4.78, 5) is 6.59. The molecule has 0 aliphatic carbocycles. The highest BCUT2D eigenvalue weighted by molar-refractivity contribution is 5.07. The van der Waals surface area contributed by atoms with Gasteiger partial charge in [0.05, 0.1) is 24.9 Å².